The molecule has 2 N–H and O–H groups in total. The molecule has 0 saturated heterocycles. The highest BCUT2D eigenvalue weighted by atomic mass is 16.5. The lowest BCUT2D eigenvalue weighted by atomic mass is 10.0. The molecule has 1 aliphatic heterocycles. The van der Waals surface area contributed by atoms with Crippen LogP contribution in [0.1, 0.15) is 43.9 Å². The van der Waals surface area contributed by atoms with Crippen molar-refractivity contribution >= 4 is 11.9 Å². The molecule has 1 aliphatic rings. The zero-order chi connectivity index (χ0) is 18.1. The normalized spacial score (nSPS) is 17.8. The molecule has 1 heterocycles. The van der Waals surface area contributed by atoms with Crippen molar-refractivity contribution in [2.24, 2.45) is 10.9 Å². The van der Waals surface area contributed by atoms with Gasteiger partial charge in [0.15, 0.2) is 0 Å². The summed E-state index contributed by atoms with van der Waals surface area (Å²) in [5, 5.41) is 12.8. The maximum Gasteiger partial charge on any atom is 0.316 e. The third-order valence-electron chi connectivity index (χ3n) is 3.69. The minimum absolute atomic E-state index is 0.161. The van der Waals surface area contributed by atoms with Gasteiger partial charge in [0.1, 0.15) is 17.5 Å². The molecule has 5 nitrogen and oxygen atoms in total. The van der Waals surface area contributed by atoms with Gasteiger partial charge in [0.2, 0.25) is 5.90 Å². The van der Waals surface area contributed by atoms with Crippen molar-refractivity contribution in [3.8, 4) is 5.75 Å². The minimum atomic E-state index is -0.928. The monoisotopic (exact) mass is 330 g/mol. The van der Waals surface area contributed by atoms with E-state index < -0.39 is 11.9 Å². The maximum absolute atomic E-state index is 11.6. The summed E-state index contributed by atoms with van der Waals surface area (Å²) < 4.78 is 5.98. The van der Waals surface area contributed by atoms with Crippen LogP contribution in [0.25, 0.3) is 0 Å². The summed E-state index contributed by atoms with van der Waals surface area (Å²) in [4.78, 5) is 16.0. The van der Waals surface area contributed by atoms with Crippen LogP contribution in [-0.4, -0.2) is 22.5 Å². The first-order chi connectivity index (χ1) is 11.1. The number of carboxylic acids is 1. The molecule has 1 atom stereocenters. The first-order valence-electron chi connectivity index (χ1n) is 8.12. The largest absolute Gasteiger partial charge is 0.481 e. The van der Waals surface area contributed by atoms with Gasteiger partial charge in [0.25, 0.3) is 0 Å². The van der Waals surface area contributed by atoms with Crippen LogP contribution in [0.5, 0.6) is 5.75 Å². The van der Waals surface area contributed by atoms with E-state index in [1.165, 1.54) is 0 Å². The number of allylic oxidation sites excluding steroid dienone is 1. The van der Waals surface area contributed by atoms with Gasteiger partial charge in [-0.15, -0.1) is 0 Å². The van der Waals surface area contributed by atoms with Gasteiger partial charge in [-0.3, -0.25) is 4.79 Å². The highest BCUT2D eigenvalue weighted by Crippen LogP contribution is 2.28. The third-order valence-corrected chi connectivity index (χ3v) is 3.69. The first kappa shape index (κ1) is 18.0. The molecule has 0 amide bonds. The Morgan fingerprint density at radius 2 is 1.83 bits per heavy atom. The number of hydrogen-bond donors (Lipinski definition) is 2. The predicted octanol–water partition coefficient (Wildman–Crippen LogP) is 3.72. The van der Waals surface area contributed by atoms with Crippen molar-refractivity contribution in [2.45, 2.75) is 53.5 Å². The maximum atomic E-state index is 11.6. The number of ether oxygens (including phenoxy) is 1. The first-order valence-corrected chi connectivity index (χ1v) is 8.12. The number of aryl methyl sites for hydroxylation is 3. The second-order valence-electron chi connectivity index (χ2n) is 7.37. The van der Waals surface area contributed by atoms with Crippen LogP contribution in [0.3, 0.4) is 0 Å². The van der Waals surface area contributed by atoms with E-state index in [0.717, 1.165) is 16.7 Å². The Kier molecular flexibility index (Phi) is 5.02. The second-order valence-corrected chi connectivity index (χ2v) is 7.37. The van der Waals surface area contributed by atoms with E-state index in [9.17, 15) is 9.90 Å². The van der Waals surface area contributed by atoms with Gasteiger partial charge in [-0.25, -0.2) is 0 Å². The zero-order valence-electron chi connectivity index (χ0n) is 15.2. The molecule has 24 heavy (non-hydrogen) atoms. The van der Waals surface area contributed by atoms with Crippen molar-refractivity contribution < 1.29 is 14.6 Å². The standard InChI is InChI=1S/C19H26N2O3/c1-11-9-12(2)16(13(3)10-11)24-17-14(18(22)23)7-8-15(20-17)21-19(4,5)6/h8-10,14,21H,7H2,1-6H3,(H,22,23). The lowest BCUT2D eigenvalue weighted by Crippen LogP contribution is -2.38. The molecule has 5 heteroatoms. The van der Waals surface area contributed by atoms with Crippen LogP contribution in [0.2, 0.25) is 0 Å². The lowest BCUT2D eigenvalue weighted by molar-refractivity contribution is -0.139. The fourth-order valence-corrected chi connectivity index (χ4v) is 2.77. The van der Waals surface area contributed by atoms with E-state index in [2.05, 4.69) is 10.3 Å². The second kappa shape index (κ2) is 6.67. The molecule has 130 valence electrons. The van der Waals surface area contributed by atoms with E-state index in [-0.39, 0.29) is 11.4 Å². The Balaban J connectivity index is 2.36. The fraction of sp³-hybridized carbons (Fsp3) is 0.474. The Bertz CT molecular complexity index is 689. The van der Waals surface area contributed by atoms with Crippen molar-refractivity contribution in [3.05, 3.63) is 40.7 Å². The molecule has 0 fully saturated rings. The highest BCUT2D eigenvalue weighted by molar-refractivity contribution is 5.99. The quantitative estimate of drug-likeness (QED) is 0.886. The van der Waals surface area contributed by atoms with Crippen molar-refractivity contribution in [3.63, 3.8) is 0 Å². The fourth-order valence-electron chi connectivity index (χ4n) is 2.77. The summed E-state index contributed by atoms with van der Waals surface area (Å²) in [6.45, 7) is 12.0. The smallest absolute Gasteiger partial charge is 0.316 e. The SMILES string of the molecule is Cc1cc(C)c(OC2=NC(NC(C)(C)C)=CCC2C(=O)O)c(C)c1. The van der Waals surface area contributed by atoms with Gasteiger partial charge < -0.3 is 15.2 Å². The van der Waals surface area contributed by atoms with Crippen LogP contribution in [-0.2, 0) is 4.79 Å². The number of benzene rings is 1. The highest BCUT2D eigenvalue weighted by Gasteiger charge is 2.30. The number of carbonyl (C=O) groups is 1. The van der Waals surface area contributed by atoms with Gasteiger partial charge in [-0.2, -0.15) is 4.99 Å². The molecule has 0 spiro atoms. The lowest BCUT2D eigenvalue weighted by Gasteiger charge is -2.26. The Labute approximate surface area is 143 Å². The summed E-state index contributed by atoms with van der Waals surface area (Å²) in [5.74, 6) is -0.135. The summed E-state index contributed by atoms with van der Waals surface area (Å²) in [5.41, 5.74) is 2.93. The molecule has 0 radical (unpaired) electrons. The minimum Gasteiger partial charge on any atom is -0.481 e. The molecule has 0 aliphatic carbocycles. The molecule has 0 aromatic heterocycles. The number of rotatable bonds is 3. The summed E-state index contributed by atoms with van der Waals surface area (Å²) in [6.07, 6.45) is 2.17. The molecule has 1 unspecified atom stereocenters. The molecule has 0 bridgehead atoms. The summed E-state index contributed by atoms with van der Waals surface area (Å²) in [6, 6.07) is 4.04. The van der Waals surface area contributed by atoms with Crippen LogP contribution in [0.15, 0.2) is 29.0 Å². The molecule has 2 rings (SSSR count). The van der Waals surface area contributed by atoms with Crippen molar-refractivity contribution in [1.29, 1.82) is 0 Å². The Hall–Kier alpha value is -2.30. The number of nitrogens with zero attached hydrogens (tertiary/aromatic N) is 1. The van der Waals surface area contributed by atoms with Crippen LogP contribution >= 0.6 is 0 Å². The summed E-state index contributed by atoms with van der Waals surface area (Å²) in [7, 11) is 0. The number of carboxylic acid groups (broad SMARTS) is 1. The van der Waals surface area contributed by atoms with Gasteiger partial charge in [-0.1, -0.05) is 17.7 Å². The van der Waals surface area contributed by atoms with Crippen molar-refractivity contribution in [2.75, 3.05) is 0 Å². The molecule has 1 aromatic carbocycles. The third kappa shape index (κ3) is 4.37. The van der Waals surface area contributed by atoms with E-state index in [1.807, 2.05) is 59.8 Å². The molecular weight excluding hydrogens is 304 g/mol. The average Bonchev–Trinajstić information content (AvgIpc) is 2.40. The molecular formula is C19H26N2O3. The number of aliphatic imine (C=N–C) groups is 1. The van der Waals surface area contributed by atoms with Gasteiger partial charge in [-0.05, 0) is 65.2 Å². The van der Waals surface area contributed by atoms with E-state index in [0.29, 0.717) is 18.0 Å². The van der Waals surface area contributed by atoms with Crippen LogP contribution in [0, 0.1) is 26.7 Å². The van der Waals surface area contributed by atoms with E-state index in [4.69, 9.17) is 4.74 Å². The zero-order valence-corrected chi connectivity index (χ0v) is 15.2. The van der Waals surface area contributed by atoms with Gasteiger partial charge in [0, 0.05) is 5.54 Å². The van der Waals surface area contributed by atoms with Gasteiger partial charge >= 0.3 is 5.97 Å². The number of nitrogens with one attached hydrogen (secondary N) is 1. The topological polar surface area (TPSA) is 70.9 Å². The van der Waals surface area contributed by atoms with E-state index >= 15 is 0 Å². The molecule has 1 aromatic rings. The van der Waals surface area contributed by atoms with E-state index in [1.54, 1.807) is 0 Å². The number of hydrogen-bond acceptors (Lipinski definition) is 4. The average molecular weight is 330 g/mol. The molecule has 0 saturated carbocycles. The Morgan fingerprint density at radius 3 is 2.33 bits per heavy atom. The Morgan fingerprint density at radius 1 is 1.25 bits per heavy atom. The summed E-state index contributed by atoms with van der Waals surface area (Å²) >= 11 is 0. The van der Waals surface area contributed by atoms with Crippen molar-refractivity contribution in [1.82, 2.24) is 5.32 Å². The van der Waals surface area contributed by atoms with Gasteiger partial charge in [0.05, 0.1) is 0 Å². The predicted molar refractivity (Wildman–Crippen MR) is 95.4 cm³/mol. The van der Waals surface area contributed by atoms with Crippen LogP contribution in [0.4, 0.5) is 0 Å². The van der Waals surface area contributed by atoms with Crippen LogP contribution < -0.4 is 10.1 Å². The number of aliphatic carboxylic acids is 1.